The third-order valence-electron chi connectivity index (χ3n) is 3.89. The van der Waals surface area contributed by atoms with Gasteiger partial charge in [0.2, 0.25) is 5.91 Å². The van der Waals surface area contributed by atoms with Crippen LogP contribution in [-0.4, -0.2) is 31.6 Å². The standard InChI is InChI=1S/C16H22N2O2/c19-16(18-13-5-6-13)7-9-17-11-15-14-4-2-1-3-12(14)8-10-20-15/h1-4,13,15,17H,5-11H2,(H,18,19). The van der Waals surface area contributed by atoms with Gasteiger partial charge in [0.25, 0.3) is 0 Å². The number of ether oxygens (including phenoxy) is 1. The molecule has 2 aliphatic rings. The Labute approximate surface area is 119 Å². The minimum Gasteiger partial charge on any atom is -0.372 e. The van der Waals surface area contributed by atoms with E-state index in [-0.39, 0.29) is 12.0 Å². The molecule has 4 nitrogen and oxygen atoms in total. The first-order valence-electron chi connectivity index (χ1n) is 7.52. The lowest BCUT2D eigenvalue weighted by Gasteiger charge is -2.26. The van der Waals surface area contributed by atoms with Crippen molar-refractivity contribution in [3.63, 3.8) is 0 Å². The van der Waals surface area contributed by atoms with Crippen molar-refractivity contribution in [2.75, 3.05) is 19.7 Å². The van der Waals surface area contributed by atoms with E-state index in [1.165, 1.54) is 11.1 Å². The third kappa shape index (κ3) is 3.58. The summed E-state index contributed by atoms with van der Waals surface area (Å²) < 4.78 is 5.82. The number of hydrogen-bond donors (Lipinski definition) is 2. The predicted octanol–water partition coefficient (Wildman–Crippen LogP) is 1.56. The van der Waals surface area contributed by atoms with E-state index >= 15 is 0 Å². The number of nitrogens with one attached hydrogen (secondary N) is 2. The Morgan fingerprint density at radius 1 is 1.30 bits per heavy atom. The Hall–Kier alpha value is -1.39. The third-order valence-corrected chi connectivity index (χ3v) is 3.89. The number of benzene rings is 1. The van der Waals surface area contributed by atoms with Crippen molar-refractivity contribution in [2.24, 2.45) is 0 Å². The van der Waals surface area contributed by atoms with Gasteiger partial charge < -0.3 is 15.4 Å². The molecular formula is C16H22N2O2. The van der Waals surface area contributed by atoms with Crippen molar-refractivity contribution >= 4 is 5.91 Å². The van der Waals surface area contributed by atoms with Crippen LogP contribution in [-0.2, 0) is 16.0 Å². The second-order valence-corrected chi connectivity index (χ2v) is 5.60. The van der Waals surface area contributed by atoms with Gasteiger partial charge in [0.15, 0.2) is 0 Å². The Morgan fingerprint density at radius 3 is 3.00 bits per heavy atom. The molecule has 1 fully saturated rings. The van der Waals surface area contributed by atoms with E-state index in [9.17, 15) is 4.79 Å². The molecule has 4 heteroatoms. The van der Waals surface area contributed by atoms with E-state index in [0.717, 1.165) is 32.4 Å². The van der Waals surface area contributed by atoms with Crippen molar-refractivity contribution in [3.8, 4) is 0 Å². The first-order valence-corrected chi connectivity index (χ1v) is 7.52. The molecule has 20 heavy (non-hydrogen) atoms. The first-order chi connectivity index (χ1) is 9.83. The van der Waals surface area contributed by atoms with Gasteiger partial charge in [0.1, 0.15) is 0 Å². The monoisotopic (exact) mass is 274 g/mol. The molecule has 1 atom stereocenters. The van der Waals surface area contributed by atoms with Gasteiger partial charge in [-0.3, -0.25) is 4.79 Å². The van der Waals surface area contributed by atoms with Gasteiger partial charge in [-0.05, 0) is 30.4 Å². The van der Waals surface area contributed by atoms with Crippen LogP contribution in [0.25, 0.3) is 0 Å². The molecule has 2 N–H and O–H groups in total. The molecule has 0 aromatic heterocycles. The van der Waals surface area contributed by atoms with E-state index in [4.69, 9.17) is 4.74 Å². The van der Waals surface area contributed by atoms with Crippen LogP contribution in [0.15, 0.2) is 24.3 Å². The Kier molecular flexibility index (Phi) is 4.33. The Morgan fingerprint density at radius 2 is 2.15 bits per heavy atom. The molecule has 0 radical (unpaired) electrons. The highest BCUT2D eigenvalue weighted by molar-refractivity contribution is 5.76. The van der Waals surface area contributed by atoms with E-state index in [0.29, 0.717) is 19.0 Å². The van der Waals surface area contributed by atoms with Crippen LogP contribution in [0.1, 0.15) is 36.5 Å². The first kappa shape index (κ1) is 13.6. The van der Waals surface area contributed by atoms with Gasteiger partial charge in [-0.15, -0.1) is 0 Å². The summed E-state index contributed by atoms with van der Waals surface area (Å²) in [6.45, 7) is 2.26. The van der Waals surface area contributed by atoms with E-state index in [2.05, 4.69) is 34.9 Å². The number of carbonyl (C=O) groups is 1. The van der Waals surface area contributed by atoms with Crippen molar-refractivity contribution in [1.29, 1.82) is 0 Å². The fraction of sp³-hybridized carbons (Fsp3) is 0.562. The minimum atomic E-state index is 0.117. The van der Waals surface area contributed by atoms with E-state index in [1.54, 1.807) is 0 Å². The lowest BCUT2D eigenvalue weighted by Crippen LogP contribution is -2.32. The summed E-state index contributed by atoms with van der Waals surface area (Å²) in [5.74, 6) is 0.157. The van der Waals surface area contributed by atoms with Crippen LogP contribution >= 0.6 is 0 Å². The average molecular weight is 274 g/mol. The summed E-state index contributed by atoms with van der Waals surface area (Å²) in [5, 5.41) is 6.33. The second-order valence-electron chi connectivity index (χ2n) is 5.60. The molecule has 1 unspecified atom stereocenters. The maximum absolute atomic E-state index is 11.6. The largest absolute Gasteiger partial charge is 0.372 e. The van der Waals surface area contributed by atoms with Crippen molar-refractivity contribution in [2.45, 2.75) is 37.8 Å². The maximum atomic E-state index is 11.6. The SMILES string of the molecule is O=C(CCNCC1OCCc2ccccc21)NC1CC1. The van der Waals surface area contributed by atoms with Gasteiger partial charge in [-0.1, -0.05) is 24.3 Å². The summed E-state index contributed by atoms with van der Waals surface area (Å²) >= 11 is 0. The topological polar surface area (TPSA) is 50.4 Å². The molecule has 1 aromatic carbocycles. The van der Waals surface area contributed by atoms with Crippen molar-refractivity contribution in [1.82, 2.24) is 10.6 Å². The highest BCUT2D eigenvalue weighted by atomic mass is 16.5. The molecule has 108 valence electrons. The summed E-state index contributed by atoms with van der Waals surface area (Å²) in [6, 6.07) is 8.91. The zero-order valence-corrected chi connectivity index (χ0v) is 11.7. The van der Waals surface area contributed by atoms with Crippen LogP contribution in [0.5, 0.6) is 0 Å². The molecular weight excluding hydrogens is 252 g/mol. The summed E-state index contributed by atoms with van der Waals surface area (Å²) in [4.78, 5) is 11.6. The Balaban J connectivity index is 1.41. The van der Waals surface area contributed by atoms with Crippen LogP contribution in [0.4, 0.5) is 0 Å². The molecule has 3 rings (SSSR count). The smallest absolute Gasteiger partial charge is 0.221 e. The highest BCUT2D eigenvalue weighted by Crippen LogP contribution is 2.26. The maximum Gasteiger partial charge on any atom is 0.221 e. The predicted molar refractivity (Wildman–Crippen MR) is 77.5 cm³/mol. The Bertz CT molecular complexity index is 471. The van der Waals surface area contributed by atoms with E-state index < -0.39 is 0 Å². The van der Waals surface area contributed by atoms with Gasteiger partial charge in [0, 0.05) is 25.6 Å². The average Bonchev–Trinajstić information content (AvgIpc) is 3.27. The van der Waals surface area contributed by atoms with Crippen LogP contribution in [0.3, 0.4) is 0 Å². The molecule has 0 spiro atoms. The normalized spacial score (nSPS) is 21.3. The molecule has 0 saturated heterocycles. The lowest BCUT2D eigenvalue weighted by atomic mass is 9.97. The second kappa shape index (κ2) is 6.37. The molecule has 1 saturated carbocycles. The molecule has 1 aliphatic carbocycles. The van der Waals surface area contributed by atoms with Gasteiger partial charge in [0.05, 0.1) is 12.7 Å². The number of rotatable bonds is 6. The summed E-state index contributed by atoms with van der Waals surface area (Å²) in [6.07, 6.45) is 3.95. The van der Waals surface area contributed by atoms with Gasteiger partial charge in [-0.2, -0.15) is 0 Å². The van der Waals surface area contributed by atoms with Crippen molar-refractivity contribution < 1.29 is 9.53 Å². The molecule has 1 heterocycles. The number of hydrogen-bond acceptors (Lipinski definition) is 3. The lowest BCUT2D eigenvalue weighted by molar-refractivity contribution is -0.121. The van der Waals surface area contributed by atoms with Crippen LogP contribution < -0.4 is 10.6 Å². The number of carbonyl (C=O) groups excluding carboxylic acids is 1. The van der Waals surface area contributed by atoms with Crippen molar-refractivity contribution in [3.05, 3.63) is 35.4 Å². The number of fused-ring (bicyclic) bond motifs is 1. The zero-order valence-electron chi connectivity index (χ0n) is 11.7. The number of amides is 1. The van der Waals surface area contributed by atoms with Crippen LogP contribution in [0.2, 0.25) is 0 Å². The van der Waals surface area contributed by atoms with Gasteiger partial charge in [-0.25, -0.2) is 0 Å². The molecule has 1 aliphatic heterocycles. The van der Waals surface area contributed by atoms with E-state index in [1.807, 2.05) is 0 Å². The summed E-state index contributed by atoms with van der Waals surface area (Å²) in [7, 11) is 0. The zero-order chi connectivity index (χ0) is 13.8. The van der Waals surface area contributed by atoms with Gasteiger partial charge >= 0.3 is 0 Å². The molecule has 0 bridgehead atoms. The fourth-order valence-corrected chi connectivity index (χ4v) is 2.61. The highest BCUT2D eigenvalue weighted by Gasteiger charge is 2.23. The van der Waals surface area contributed by atoms with Crippen LogP contribution in [0, 0.1) is 0 Å². The summed E-state index contributed by atoms with van der Waals surface area (Å²) in [5.41, 5.74) is 2.67. The fourth-order valence-electron chi connectivity index (χ4n) is 2.61. The molecule has 1 amide bonds. The quantitative estimate of drug-likeness (QED) is 0.774. The molecule has 1 aromatic rings. The minimum absolute atomic E-state index is 0.117.